The van der Waals surface area contributed by atoms with Gasteiger partial charge in [-0.05, 0) is 29.4 Å². The third kappa shape index (κ3) is 1.04. The van der Waals surface area contributed by atoms with Gasteiger partial charge in [0.05, 0.1) is 0 Å². The lowest BCUT2D eigenvalue weighted by atomic mass is 9.79. The Kier molecular flexibility index (Phi) is 1.60. The predicted molar refractivity (Wildman–Crippen MR) is 64.2 cm³/mol. The van der Waals surface area contributed by atoms with Crippen molar-refractivity contribution in [3.05, 3.63) is 35.5 Å². The largest absolute Gasteiger partial charge is 0.358 e. The monoisotopic (exact) mass is 199 g/mol. The molecule has 0 saturated carbocycles. The Labute approximate surface area is 90.5 Å². The number of hydrogen-bond donors (Lipinski definition) is 1. The van der Waals surface area contributed by atoms with Crippen LogP contribution in [0.25, 0.3) is 10.9 Å². The van der Waals surface area contributed by atoms with Gasteiger partial charge in [0.1, 0.15) is 0 Å². The van der Waals surface area contributed by atoms with Gasteiger partial charge >= 0.3 is 0 Å². The van der Waals surface area contributed by atoms with Gasteiger partial charge in [-0.25, -0.2) is 0 Å². The third-order valence-corrected chi connectivity index (χ3v) is 4.17. The lowest BCUT2D eigenvalue weighted by Gasteiger charge is -2.25. The van der Waals surface area contributed by atoms with Crippen molar-refractivity contribution < 1.29 is 0 Å². The van der Waals surface area contributed by atoms with Gasteiger partial charge in [-0.15, -0.1) is 0 Å². The van der Waals surface area contributed by atoms with E-state index in [-0.39, 0.29) is 0 Å². The molecule has 1 atom stereocenters. The molecule has 3 rings (SSSR count). The summed E-state index contributed by atoms with van der Waals surface area (Å²) < 4.78 is 0. The van der Waals surface area contributed by atoms with Crippen molar-refractivity contribution in [2.75, 3.05) is 0 Å². The molecule has 1 aliphatic rings. The molecular weight excluding hydrogens is 182 g/mol. The summed E-state index contributed by atoms with van der Waals surface area (Å²) in [6.07, 6.45) is 1.19. The van der Waals surface area contributed by atoms with Crippen molar-refractivity contribution in [1.29, 1.82) is 0 Å². The molecule has 15 heavy (non-hydrogen) atoms. The SMILES string of the molecule is CC1Cc2[nH]c3ccccc3c2C1(C)C. The number of fused-ring (bicyclic) bond motifs is 3. The summed E-state index contributed by atoms with van der Waals surface area (Å²) in [6, 6.07) is 8.65. The highest BCUT2D eigenvalue weighted by atomic mass is 14.7. The fourth-order valence-corrected chi connectivity index (χ4v) is 2.89. The normalized spacial score (nSPS) is 23.3. The molecule has 1 unspecified atom stereocenters. The van der Waals surface area contributed by atoms with Gasteiger partial charge in [0, 0.05) is 16.6 Å². The number of rotatable bonds is 0. The smallest absolute Gasteiger partial charge is 0.0459 e. The number of aromatic amines is 1. The summed E-state index contributed by atoms with van der Waals surface area (Å²) in [5.41, 5.74) is 4.61. The molecule has 78 valence electrons. The quantitative estimate of drug-likeness (QED) is 0.666. The molecule has 0 bridgehead atoms. The topological polar surface area (TPSA) is 15.8 Å². The molecule has 0 saturated heterocycles. The van der Waals surface area contributed by atoms with E-state index in [0.717, 1.165) is 5.92 Å². The highest BCUT2D eigenvalue weighted by Gasteiger charge is 2.39. The van der Waals surface area contributed by atoms with Crippen molar-refractivity contribution in [1.82, 2.24) is 4.98 Å². The summed E-state index contributed by atoms with van der Waals surface area (Å²) in [5, 5.41) is 1.42. The molecule has 1 aromatic heterocycles. The van der Waals surface area contributed by atoms with Crippen LogP contribution in [0.15, 0.2) is 24.3 Å². The van der Waals surface area contributed by atoms with Gasteiger partial charge in [-0.1, -0.05) is 39.0 Å². The van der Waals surface area contributed by atoms with Crippen LogP contribution in [0.1, 0.15) is 32.0 Å². The Bertz CT molecular complexity index is 519. The van der Waals surface area contributed by atoms with Crippen molar-refractivity contribution in [2.24, 2.45) is 5.92 Å². The Morgan fingerprint density at radius 1 is 1.27 bits per heavy atom. The highest BCUT2D eigenvalue weighted by molar-refractivity contribution is 5.86. The molecule has 0 amide bonds. The molecule has 2 aromatic rings. The second-order valence-corrected chi connectivity index (χ2v) is 5.35. The molecule has 1 aliphatic carbocycles. The molecule has 1 N–H and O–H groups in total. The molecular formula is C14H17N. The minimum Gasteiger partial charge on any atom is -0.358 e. The van der Waals surface area contributed by atoms with E-state index in [1.165, 1.54) is 23.0 Å². The van der Waals surface area contributed by atoms with Crippen molar-refractivity contribution >= 4 is 10.9 Å². The number of para-hydroxylation sites is 1. The van der Waals surface area contributed by atoms with Crippen molar-refractivity contribution in [3.8, 4) is 0 Å². The maximum atomic E-state index is 3.56. The number of benzene rings is 1. The number of nitrogens with one attached hydrogen (secondary N) is 1. The summed E-state index contributed by atoms with van der Waals surface area (Å²) in [5.74, 6) is 0.739. The van der Waals surface area contributed by atoms with Crippen LogP contribution in [0.3, 0.4) is 0 Å². The van der Waals surface area contributed by atoms with Crippen LogP contribution >= 0.6 is 0 Å². The van der Waals surface area contributed by atoms with E-state index in [4.69, 9.17) is 0 Å². The number of H-pyrrole nitrogens is 1. The average Bonchev–Trinajstić information content (AvgIpc) is 2.64. The molecule has 1 aromatic carbocycles. The second-order valence-electron chi connectivity index (χ2n) is 5.35. The van der Waals surface area contributed by atoms with E-state index in [2.05, 4.69) is 50.0 Å². The van der Waals surface area contributed by atoms with Gasteiger partial charge in [0.15, 0.2) is 0 Å². The van der Waals surface area contributed by atoms with E-state index in [0.29, 0.717) is 5.41 Å². The van der Waals surface area contributed by atoms with Crippen LogP contribution in [-0.4, -0.2) is 4.98 Å². The van der Waals surface area contributed by atoms with Gasteiger partial charge in [-0.2, -0.15) is 0 Å². The molecule has 0 radical (unpaired) electrons. The Hall–Kier alpha value is -1.24. The summed E-state index contributed by atoms with van der Waals surface area (Å²) >= 11 is 0. The van der Waals surface area contributed by atoms with Gasteiger partial charge in [0.25, 0.3) is 0 Å². The van der Waals surface area contributed by atoms with Crippen LogP contribution in [0, 0.1) is 5.92 Å². The summed E-state index contributed by atoms with van der Waals surface area (Å²) in [7, 11) is 0. The molecule has 1 heteroatoms. The first-order valence-corrected chi connectivity index (χ1v) is 5.71. The number of aromatic nitrogens is 1. The first-order chi connectivity index (χ1) is 7.10. The maximum Gasteiger partial charge on any atom is 0.0459 e. The lowest BCUT2D eigenvalue weighted by molar-refractivity contribution is 0.380. The zero-order valence-corrected chi connectivity index (χ0v) is 9.59. The van der Waals surface area contributed by atoms with E-state index in [1.807, 2.05) is 0 Å². The minimum atomic E-state index is 0.314. The van der Waals surface area contributed by atoms with Gasteiger partial charge < -0.3 is 4.98 Å². The van der Waals surface area contributed by atoms with Crippen LogP contribution < -0.4 is 0 Å². The predicted octanol–water partition coefficient (Wildman–Crippen LogP) is 3.64. The Balaban J connectivity index is 2.36. The number of hydrogen-bond acceptors (Lipinski definition) is 0. The second kappa shape index (κ2) is 2.66. The summed E-state index contributed by atoms with van der Waals surface area (Å²) in [4.78, 5) is 3.56. The molecule has 0 spiro atoms. The van der Waals surface area contributed by atoms with Crippen molar-refractivity contribution in [3.63, 3.8) is 0 Å². The Morgan fingerprint density at radius 2 is 2.00 bits per heavy atom. The Morgan fingerprint density at radius 3 is 2.80 bits per heavy atom. The third-order valence-electron chi connectivity index (χ3n) is 4.17. The molecule has 1 nitrogen and oxygen atoms in total. The fraction of sp³-hybridized carbons (Fsp3) is 0.429. The first-order valence-electron chi connectivity index (χ1n) is 5.71. The average molecular weight is 199 g/mol. The van der Waals surface area contributed by atoms with E-state index in [1.54, 1.807) is 5.56 Å². The molecule has 1 heterocycles. The van der Waals surface area contributed by atoms with E-state index in [9.17, 15) is 0 Å². The van der Waals surface area contributed by atoms with E-state index >= 15 is 0 Å². The minimum absolute atomic E-state index is 0.314. The standard InChI is InChI=1S/C14H17N/c1-9-8-12-13(14(9,2)3)10-6-4-5-7-11(10)15-12/h4-7,9,15H,8H2,1-3H3. The maximum absolute atomic E-state index is 3.56. The highest BCUT2D eigenvalue weighted by Crippen LogP contribution is 2.45. The first kappa shape index (κ1) is 9.02. The zero-order valence-electron chi connectivity index (χ0n) is 9.59. The van der Waals surface area contributed by atoms with Crippen LogP contribution in [0.5, 0.6) is 0 Å². The molecule has 0 fully saturated rings. The van der Waals surface area contributed by atoms with Gasteiger partial charge in [-0.3, -0.25) is 0 Å². The summed E-state index contributed by atoms with van der Waals surface area (Å²) in [6.45, 7) is 7.08. The van der Waals surface area contributed by atoms with Crippen LogP contribution in [0.4, 0.5) is 0 Å². The van der Waals surface area contributed by atoms with E-state index < -0.39 is 0 Å². The van der Waals surface area contributed by atoms with Crippen molar-refractivity contribution in [2.45, 2.75) is 32.6 Å². The fourth-order valence-electron chi connectivity index (χ4n) is 2.89. The zero-order chi connectivity index (χ0) is 10.6. The van der Waals surface area contributed by atoms with Crippen LogP contribution in [0.2, 0.25) is 0 Å². The lowest BCUT2D eigenvalue weighted by Crippen LogP contribution is -2.21. The molecule has 0 aliphatic heterocycles. The van der Waals surface area contributed by atoms with Gasteiger partial charge in [0.2, 0.25) is 0 Å². The van der Waals surface area contributed by atoms with Crippen LogP contribution in [-0.2, 0) is 11.8 Å².